The molecule has 4 heteroatoms. The van der Waals surface area contributed by atoms with Gasteiger partial charge >= 0.3 is 0 Å². The Balaban J connectivity index is 3.24. The van der Waals surface area contributed by atoms with Crippen molar-refractivity contribution in [1.29, 1.82) is 0 Å². The average molecular weight is 205 g/mol. The highest BCUT2D eigenvalue weighted by Crippen LogP contribution is 1.89. The molecular formula is C10H23NO3. The van der Waals surface area contributed by atoms with Gasteiger partial charge in [-0.1, -0.05) is 6.92 Å². The van der Waals surface area contributed by atoms with Crippen molar-refractivity contribution in [1.82, 2.24) is 5.32 Å². The molecule has 0 heterocycles. The first-order valence-electron chi connectivity index (χ1n) is 5.24. The quantitative estimate of drug-likeness (QED) is 0.535. The number of nitrogens with one attached hydrogen (secondary N) is 1. The summed E-state index contributed by atoms with van der Waals surface area (Å²) < 4.78 is 10.7. The van der Waals surface area contributed by atoms with Crippen LogP contribution >= 0.6 is 0 Å². The standard InChI is InChI=1S/C10H23NO3/c1-4-11-10(7-12)8-13-5-6-14-9(2)3/h9-12H,4-8H2,1-3H3. The van der Waals surface area contributed by atoms with Gasteiger partial charge in [-0.2, -0.15) is 0 Å². The van der Waals surface area contributed by atoms with Crippen molar-refractivity contribution in [2.24, 2.45) is 0 Å². The molecule has 0 aromatic rings. The molecule has 1 unspecified atom stereocenters. The van der Waals surface area contributed by atoms with E-state index in [0.29, 0.717) is 19.8 Å². The molecule has 14 heavy (non-hydrogen) atoms. The van der Waals surface area contributed by atoms with Crippen molar-refractivity contribution in [3.05, 3.63) is 0 Å². The smallest absolute Gasteiger partial charge is 0.0703 e. The Morgan fingerprint density at radius 2 is 2.00 bits per heavy atom. The van der Waals surface area contributed by atoms with Crippen LogP contribution in [0.3, 0.4) is 0 Å². The zero-order valence-corrected chi connectivity index (χ0v) is 9.45. The molecule has 0 aromatic heterocycles. The maximum atomic E-state index is 8.93. The highest BCUT2D eigenvalue weighted by atomic mass is 16.5. The van der Waals surface area contributed by atoms with E-state index in [1.807, 2.05) is 20.8 Å². The zero-order valence-electron chi connectivity index (χ0n) is 9.45. The fourth-order valence-corrected chi connectivity index (χ4v) is 1.03. The molecule has 0 bridgehead atoms. The van der Waals surface area contributed by atoms with Crippen molar-refractivity contribution in [2.75, 3.05) is 33.0 Å². The lowest BCUT2D eigenvalue weighted by atomic mass is 10.3. The van der Waals surface area contributed by atoms with E-state index in [2.05, 4.69) is 5.32 Å². The molecule has 4 nitrogen and oxygen atoms in total. The third kappa shape index (κ3) is 8.44. The topological polar surface area (TPSA) is 50.7 Å². The second-order valence-electron chi connectivity index (χ2n) is 3.43. The molecule has 0 amide bonds. The molecule has 0 radical (unpaired) electrons. The lowest BCUT2D eigenvalue weighted by molar-refractivity contribution is 0.00955. The molecule has 0 aliphatic rings. The van der Waals surface area contributed by atoms with E-state index >= 15 is 0 Å². The van der Waals surface area contributed by atoms with Gasteiger partial charge in [-0.05, 0) is 20.4 Å². The van der Waals surface area contributed by atoms with Crippen LogP contribution in [0.1, 0.15) is 20.8 Å². The Morgan fingerprint density at radius 3 is 2.50 bits per heavy atom. The molecular weight excluding hydrogens is 182 g/mol. The largest absolute Gasteiger partial charge is 0.395 e. The summed E-state index contributed by atoms with van der Waals surface area (Å²) >= 11 is 0. The maximum Gasteiger partial charge on any atom is 0.0703 e. The van der Waals surface area contributed by atoms with E-state index in [9.17, 15) is 0 Å². The zero-order chi connectivity index (χ0) is 10.8. The fourth-order valence-electron chi connectivity index (χ4n) is 1.03. The Bertz CT molecular complexity index is 120. The summed E-state index contributed by atoms with van der Waals surface area (Å²) in [5.74, 6) is 0. The summed E-state index contributed by atoms with van der Waals surface area (Å²) in [5.41, 5.74) is 0. The Hall–Kier alpha value is -0.160. The van der Waals surface area contributed by atoms with Crippen molar-refractivity contribution >= 4 is 0 Å². The lowest BCUT2D eigenvalue weighted by Crippen LogP contribution is -2.36. The third-order valence-electron chi connectivity index (χ3n) is 1.71. The summed E-state index contributed by atoms with van der Waals surface area (Å²) in [6.45, 7) is 8.68. The lowest BCUT2D eigenvalue weighted by Gasteiger charge is -2.15. The van der Waals surface area contributed by atoms with Crippen LogP contribution in [0.15, 0.2) is 0 Å². The number of rotatable bonds is 9. The van der Waals surface area contributed by atoms with Gasteiger partial charge in [0.05, 0.1) is 38.6 Å². The first-order chi connectivity index (χ1) is 6.70. The van der Waals surface area contributed by atoms with Crippen LogP contribution in [0.2, 0.25) is 0 Å². The normalized spacial score (nSPS) is 13.5. The molecule has 0 aromatic carbocycles. The van der Waals surface area contributed by atoms with E-state index in [-0.39, 0.29) is 18.8 Å². The maximum absolute atomic E-state index is 8.93. The first-order valence-corrected chi connectivity index (χ1v) is 5.24. The van der Waals surface area contributed by atoms with Crippen LogP contribution in [-0.2, 0) is 9.47 Å². The highest BCUT2D eigenvalue weighted by molar-refractivity contribution is 4.62. The Labute approximate surface area is 86.6 Å². The molecule has 0 fully saturated rings. The number of hydrogen-bond donors (Lipinski definition) is 2. The number of ether oxygens (including phenoxy) is 2. The summed E-state index contributed by atoms with van der Waals surface area (Å²) in [7, 11) is 0. The number of hydrogen-bond acceptors (Lipinski definition) is 4. The molecule has 0 spiro atoms. The summed E-state index contributed by atoms with van der Waals surface area (Å²) in [4.78, 5) is 0. The molecule has 0 saturated heterocycles. The van der Waals surface area contributed by atoms with E-state index in [1.165, 1.54) is 0 Å². The van der Waals surface area contributed by atoms with E-state index < -0.39 is 0 Å². The molecule has 0 aliphatic heterocycles. The molecule has 0 rings (SSSR count). The van der Waals surface area contributed by atoms with Gasteiger partial charge in [0.2, 0.25) is 0 Å². The second-order valence-corrected chi connectivity index (χ2v) is 3.43. The predicted octanol–water partition coefficient (Wildman–Crippen LogP) is 0.398. The summed E-state index contributed by atoms with van der Waals surface area (Å²) in [6, 6.07) is 0.0408. The minimum absolute atomic E-state index is 0.0408. The Kier molecular flexibility index (Phi) is 9.29. The third-order valence-corrected chi connectivity index (χ3v) is 1.71. The highest BCUT2D eigenvalue weighted by Gasteiger charge is 2.04. The number of aliphatic hydroxyl groups is 1. The van der Waals surface area contributed by atoms with Gasteiger partial charge in [0.15, 0.2) is 0 Å². The predicted molar refractivity (Wildman–Crippen MR) is 56.5 cm³/mol. The van der Waals surface area contributed by atoms with E-state index in [4.69, 9.17) is 14.6 Å². The Morgan fingerprint density at radius 1 is 1.29 bits per heavy atom. The summed E-state index contributed by atoms with van der Waals surface area (Å²) in [5, 5.41) is 12.0. The molecule has 0 aliphatic carbocycles. The van der Waals surface area contributed by atoms with Crippen LogP contribution in [0.4, 0.5) is 0 Å². The van der Waals surface area contributed by atoms with Crippen LogP contribution in [0.25, 0.3) is 0 Å². The minimum atomic E-state index is 0.0408. The minimum Gasteiger partial charge on any atom is -0.395 e. The van der Waals surface area contributed by atoms with Crippen molar-refractivity contribution in [3.63, 3.8) is 0 Å². The van der Waals surface area contributed by atoms with Gasteiger partial charge in [0, 0.05) is 0 Å². The van der Waals surface area contributed by atoms with Crippen molar-refractivity contribution < 1.29 is 14.6 Å². The SMILES string of the molecule is CCNC(CO)COCCOC(C)C. The average Bonchev–Trinajstić information content (AvgIpc) is 2.15. The van der Waals surface area contributed by atoms with Crippen molar-refractivity contribution in [2.45, 2.75) is 32.9 Å². The van der Waals surface area contributed by atoms with Crippen molar-refractivity contribution in [3.8, 4) is 0 Å². The van der Waals surface area contributed by atoms with Crippen LogP contribution in [0.5, 0.6) is 0 Å². The second kappa shape index (κ2) is 9.40. The van der Waals surface area contributed by atoms with E-state index in [0.717, 1.165) is 6.54 Å². The van der Waals surface area contributed by atoms with Gasteiger partial charge < -0.3 is 19.9 Å². The van der Waals surface area contributed by atoms with Gasteiger partial charge in [-0.15, -0.1) is 0 Å². The van der Waals surface area contributed by atoms with Gasteiger partial charge in [-0.25, -0.2) is 0 Å². The summed E-state index contributed by atoms with van der Waals surface area (Å²) in [6.07, 6.45) is 0.251. The van der Waals surface area contributed by atoms with Gasteiger partial charge in [0.25, 0.3) is 0 Å². The number of aliphatic hydroxyl groups excluding tert-OH is 1. The van der Waals surface area contributed by atoms with E-state index in [1.54, 1.807) is 0 Å². The monoisotopic (exact) mass is 205 g/mol. The van der Waals surface area contributed by atoms with Crippen LogP contribution in [-0.4, -0.2) is 50.2 Å². The first kappa shape index (κ1) is 13.8. The molecule has 86 valence electrons. The van der Waals surface area contributed by atoms with Crippen LogP contribution < -0.4 is 5.32 Å². The van der Waals surface area contributed by atoms with Gasteiger partial charge in [-0.3, -0.25) is 0 Å². The van der Waals surface area contributed by atoms with Crippen LogP contribution in [0, 0.1) is 0 Å². The fraction of sp³-hybridized carbons (Fsp3) is 1.00. The number of likely N-dealkylation sites (N-methyl/N-ethyl adjacent to an activating group) is 1. The molecule has 2 N–H and O–H groups in total. The molecule has 0 saturated carbocycles. The van der Waals surface area contributed by atoms with Gasteiger partial charge in [0.1, 0.15) is 0 Å². The molecule has 1 atom stereocenters.